The fourth-order valence-electron chi connectivity index (χ4n) is 4.29. The Labute approximate surface area is 143 Å². The molecular weight excluding hydrogens is 300 g/mol. The predicted octanol–water partition coefficient (Wildman–Crippen LogP) is 3.38. The van der Waals surface area contributed by atoms with Gasteiger partial charge in [0.05, 0.1) is 18.7 Å². The first kappa shape index (κ1) is 15.4. The van der Waals surface area contributed by atoms with Gasteiger partial charge in [0.2, 0.25) is 0 Å². The zero-order valence-corrected chi connectivity index (χ0v) is 14.1. The molecule has 0 aromatic heterocycles. The molecule has 1 aromatic carbocycles. The molecule has 4 heteroatoms. The lowest BCUT2D eigenvalue weighted by atomic mass is 9.81. The summed E-state index contributed by atoms with van der Waals surface area (Å²) in [5.41, 5.74) is 3.01. The minimum Gasteiger partial charge on any atom is -0.496 e. The first-order valence-electron chi connectivity index (χ1n) is 8.95. The van der Waals surface area contributed by atoms with Crippen LogP contribution in [-0.4, -0.2) is 31.2 Å². The van der Waals surface area contributed by atoms with Crippen molar-refractivity contribution in [3.63, 3.8) is 0 Å². The number of ether oxygens (including phenoxy) is 1. The zero-order chi connectivity index (χ0) is 16.5. The maximum Gasteiger partial charge on any atom is 0.166 e. The fourth-order valence-corrected chi connectivity index (χ4v) is 4.29. The van der Waals surface area contributed by atoms with Crippen LogP contribution in [0.2, 0.25) is 0 Å². The number of Topliss-reactive ketones (excluding diaryl/α,β-unsaturated/α-hetero) is 1. The van der Waals surface area contributed by atoms with E-state index in [0.29, 0.717) is 18.5 Å². The van der Waals surface area contributed by atoms with Gasteiger partial charge in [-0.3, -0.25) is 9.79 Å². The van der Waals surface area contributed by atoms with Crippen LogP contribution in [-0.2, 0) is 4.79 Å². The van der Waals surface area contributed by atoms with E-state index in [4.69, 9.17) is 9.73 Å². The molecule has 4 rings (SSSR count). The fraction of sp³-hybridized carbons (Fsp3) is 0.500. The van der Waals surface area contributed by atoms with Gasteiger partial charge in [-0.2, -0.15) is 0 Å². The van der Waals surface area contributed by atoms with Crippen LogP contribution < -0.4 is 10.1 Å². The number of rotatable bonds is 2. The normalized spacial score (nSPS) is 29.4. The summed E-state index contributed by atoms with van der Waals surface area (Å²) >= 11 is 0. The van der Waals surface area contributed by atoms with Gasteiger partial charge in [0.1, 0.15) is 5.75 Å². The summed E-state index contributed by atoms with van der Waals surface area (Å²) in [5.74, 6) is 1.24. The molecule has 1 aliphatic heterocycles. The molecule has 0 bridgehead atoms. The van der Waals surface area contributed by atoms with Gasteiger partial charge in [0.15, 0.2) is 5.78 Å². The standard InChI is InChI=1S/C20H24N2O2/c1-24-20-9-5-2-6-14(20)13-10-18-15(19(23)11-13)12-21-16-7-3-4-8-17(16)22-18/h2,5-6,9,12-13,16-17,22H,3-4,7-8,10-11H2,1H3/t13-,16+,17+/m0/s1. The van der Waals surface area contributed by atoms with Crippen LogP contribution in [0.1, 0.15) is 50.0 Å². The molecule has 4 nitrogen and oxygen atoms in total. The number of benzene rings is 1. The number of hydrogen-bond acceptors (Lipinski definition) is 4. The van der Waals surface area contributed by atoms with Crippen LogP contribution in [0.3, 0.4) is 0 Å². The Morgan fingerprint density at radius 2 is 2.00 bits per heavy atom. The average Bonchev–Trinajstić information content (AvgIpc) is 2.81. The molecule has 3 atom stereocenters. The second-order valence-corrected chi connectivity index (χ2v) is 7.04. The summed E-state index contributed by atoms with van der Waals surface area (Å²) in [6.07, 6.45) is 7.99. The number of carbonyl (C=O) groups excluding carboxylic acids is 1. The maximum absolute atomic E-state index is 12.7. The third kappa shape index (κ3) is 2.74. The first-order chi connectivity index (χ1) is 11.8. The number of aliphatic imine (C=N–C) groups is 1. The Balaban J connectivity index is 1.63. The van der Waals surface area contributed by atoms with Crippen molar-refractivity contribution in [2.24, 2.45) is 4.99 Å². The van der Waals surface area contributed by atoms with Crippen molar-refractivity contribution in [1.29, 1.82) is 0 Å². The largest absolute Gasteiger partial charge is 0.496 e. The van der Waals surface area contributed by atoms with E-state index in [1.54, 1.807) is 7.11 Å². The van der Waals surface area contributed by atoms with E-state index in [9.17, 15) is 4.79 Å². The van der Waals surface area contributed by atoms with Crippen molar-refractivity contribution in [3.05, 3.63) is 41.1 Å². The molecule has 1 fully saturated rings. The van der Waals surface area contributed by atoms with Gasteiger partial charge < -0.3 is 10.1 Å². The Hall–Kier alpha value is -2.10. The Morgan fingerprint density at radius 3 is 2.88 bits per heavy atom. The molecule has 2 aliphatic carbocycles. The summed E-state index contributed by atoms with van der Waals surface area (Å²) in [7, 11) is 1.69. The Bertz CT molecular complexity index is 707. The van der Waals surface area contributed by atoms with E-state index in [0.717, 1.165) is 41.8 Å². The quantitative estimate of drug-likeness (QED) is 0.907. The molecule has 0 saturated heterocycles. The maximum atomic E-state index is 12.7. The molecule has 126 valence electrons. The molecule has 0 unspecified atom stereocenters. The van der Waals surface area contributed by atoms with Crippen LogP contribution in [0.5, 0.6) is 5.75 Å². The van der Waals surface area contributed by atoms with Crippen LogP contribution in [0.4, 0.5) is 0 Å². The number of para-hydroxylation sites is 1. The third-order valence-electron chi connectivity index (χ3n) is 5.57. The molecule has 1 aromatic rings. The van der Waals surface area contributed by atoms with Crippen molar-refractivity contribution in [3.8, 4) is 5.75 Å². The predicted molar refractivity (Wildman–Crippen MR) is 94.7 cm³/mol. The SMILES string of the molecule is COc1ccccc1[C@@H]1CC(=O)C2=C(C1)N[C@@H]1CCCC[C@H]1N=C2. The number of hydrogen-bond donors (Lipinski definition) is 1. The van der Waals surface area contributed by atoms with Crippen molar-refractivity contribution >= 4 is 12.0 Å². The lowest BCUT2D eigenvalue weighted by Crippen LogP contribution is -2.41. The second-order valence-electron chi connectivity index (χ2n) is 7.04. The van der Waals surface area contributed by atoms with Gasteiger partial charge in [-0.15, -0.1) is 0 Å². The van der Waals surface area contributed by atoms with E-state index in [1.165, 1.54) is 12.8 Å². The van der Waals surface area contributed by atoms with Gasteiger partial charge in [0, 0.05) is 30.3 Å². The van der Waals surface area contributed by atoms with Gasteiger partial charge >= 0.3 is 0 Å². The summed E-state index contributed by atoms with van der Waals surface area (Å²) in [6.45, 7) is 0. The van der Waals surface area contributed by atoms with E-state index in [-0.39, 0.29) is 11.7 Å². The number of nitrogens with one attached hydrogen (secondary N) is 1. The number of fused-ring (bicyclic) bond motifs is 1. The van der Waals surface area contributed by atoms with Crippen molar-refractivity contribution in [1.82, 2.24) is 5.32 Å². The molecule has 3 aliphatic rings. The smallest absolute Gasteiger partial charge is 0.166 e. The summed E-state index contributed by atoms with van der Waals surface area (Å²) in [6, 6.07) is 8.75. The molecule has 1 saturated carbocycles. The third-order valence-corrected chi connectivity index (χ3v) is 5.57. The highest BCUT2D eigenvalue weighted by atomic mass is 16.5. The average molecular weight is 324 g/mol. The topological polar surface area (TPSA) is 50.7 Å². The van der Waals surface area contributed by atoms with Crippen molar-refractivity contribution in [2.45, 2.75) is 56.5 Å². The van der Waals surface area contributed by atoms with Crippen LogP contribution in [0.25, 0.3) is 0 Å². The van der Waals surface area contributed by atoms with Gasteiger partial charge in [-0.25, -0.2) is 0 Å². The highest BCUT2D eigenvalue weighted by Crippen LogP contribution is 2.39. The van der Waals surface area contributed by atoms with Crippen molar-refractivity contribution in [2.75, 3.05) is 7.11 Å². The first-order valence-corrected chi connectivity index (χ1v) is 8.95. The highest BCUT2D eigenvalue weighted by Gasteiger charge is 2.34. The number of nitrogens with zero attached hydrogens (tertiary/aromatic N) is 1. The zero-order valence-electron chi connectivity index (χ0n) is 14.1. The molecule has 1 N–H and O–H groups in total. The van der Waals surface area contributed by atoms with E-state index < -0.39 is 0 Å². The summed E-state index contributed by atoms with van der Waals surface area (Å²) < 4.78 is 5.51. The Morgan fingerprint density at radius 1 is 1.17 bits per heavy atom. The number of carbonyl (C=O) groups is 1. The molecule has 0 radical (unpaired) electrons. The van der Waals surface area contributed by atoms with Crippen LogP contribution in [0.15, 0.2) is 40.5 Å². The van der Waals surface area contributed by atoms with E-state index in [2.05, 4.69) is 11.4 Å². The van der Waals surface area contributed by atoms with Gasteiger partial charge in [-0.05, 0) is 30.9 Å². The second kappa shape index (κ2) is 6.42. The van der Waals surface area contributed by atoms with Gasteiger partial charge in [-0.1, -0.05) is 31.0 Å². The number of allylic oxidation sites excluding steroid dienone is 2. The lowest BCUT2D eigenvalue weighted by molar-refractivity contribution is -0.115. The minimum atomic E-state index is 0.174. The summed E-state index contributed by atoms with van der Waals surface area (Å²) in [5, 5.41) is 3.68. The number of methoxy groups -OCH3 is 1. The Kier molecular flexibility index (Phi) is 4.13. The van der Waals surface area contributed by atoms with Crippen molar-refractivity contribution < 1.29 is 9.53 Å². The molecule has 0 amide bonds. The lowest BCUT2D eigenvalue weighted by Gasteiger charge is -2.32. The van der Waals surface area contributed by atoms with Crippen LogP contribution in [0, 0.1) is 0 Å². The molecular formula is C20H24N2O2. The summed E-state index contributed by atoms with van der Waals surface area (Å²) in [4.78, 5) is 17.5. The molecule has 1 heterocycles. The monoisotopic (exact) mass is 324 g/mol. The van der Waals surface area contributed by atoms with E-state index >= 15 is 0 Å². The number of ketones is 1. The molecule has 0 spiro atoms. The van der Waals surface area contributed by atoms with E-state index in [1.807, 2.05) is 24.4 Å². The minimum absolute atomic E-state index is 0.174. The van der Waals surface area contributed by atoms with Crippen LogP contribution >= 0.6 is 0 Å². The molecule has 24 heavy (non-hydrogen) atoms. The highest BCUT2D eigenvalue weighted by molar-refractivity contribution is 6.15. The van der Waals surface area contributed by atoms with Gasteiger partial charge in [0.25, 0.3) is 0 Å².